The van der Waals surface area contributed by atoms with Gasteiger partial charge in [0.05, 0.1) is 0 Å². The average molecular weight is 231 g/mol. The first-order chi connectivity index (χ1) is 8.15. The molecular weight excluding hydrogens is 217 g/mol. The van der Waals surface area contributed by atoms with E-state index in [9.17, 15) is 8.78 Å². The fourth-order valence-corrected chi connectivity index (χ4v) is 2.24. The molecule has 0 aliphatic rings. The van der Waals surface area contributed by atoms with Crippen molar-refractivity contribution in [2.75, 3.05) is 0 Å². The van der Waals surface area contributed by atoms with Crippen LogP contribution in [0.5, 0.6) is 0 Å². The first-order valence-corrected chi connectivity index (χ1v) is 6.00. The summed E-state index contributed by atoms with van der Waals surface area (Å²) in [6.45, 7) is 1.99. The SMILES string of the molecule is Cc1ccc(F)cc1[BH2-]Cc1cccc(F)c1. The van der Waals surface area contributed by atoms with E-state index in [0.29, 0.717) is 0 Å². The third kappa shape index (κ3) is 3.16. The largest absolute Gasteiger partial charge is 0.211 e. The minimum Gasteiger partial charge on any atom is -0.211 e. The van der Waals surface area contributed by atoms with Crippen molar-refractivity contribution < 1.29 is 8.78 Å². The Balaban J connectivity index is 2.09. The standard InChI is InChI=1S/C14H14BF2/c1-10-5-6-13(17)8-14(10)15-9-11-3-2-4-12(16)7-11/h2-8H,9,15H2,1H3/q-1. The Hall–Kier alpha value is -1.64. The number of hydrogen-bond acceptors (Lipinski definition) is 0. The highest BCUT2D eigenvalue weighted by atomic mass is 19.1. The Morgan fingerprint density at radius 2 is 1.76 bits per heavy atom. The molecule has 0 N–H and O–H groups in total. The van der Waals surface area contributed by atoms with Crippen molar-refractivity contribution in [1.29, 1.82) is 0 Å². The highest BCUT2D eigenvalue weighted by molar-refractivity contribution is 6.53. The molecule has 0 saturated carbocycles. The third-order valence-electron chi connectivity index (χ3n) is 3.32. The van der Waals surface area contributed by atoms with Crippen LogP contribution in [0.3, 0.4) is 0 Å². The summed E-state index contributed by atoms with van der Waals surface area (Å²) in [6, 6.07) is 11.5. The van der Waals surface area contributed by atoms with Crippen LogP contribution in [0.1, 0.15) is 11.1 Å². The molecule has 0 radical (unpaired) electrons. The van der Waals surface area contributed by atoms with Gasteiger partial charge in [-0.15, -0.1) is 0 Å². The van der Waals surface area contributed by atoms with Crippen LogP contribution in [-0.2, 0) is 6.32 Å². The summed E-state index contributed by atoms with van der Waals surface area (Å²) in [7, 11) is -0.451. The lowest BCUT2D eigenvalue weighted by atomic mass is 9.64. The van der Waals surface area contributed by atoms with Crippen molar-refractivity contribution in [2.24, 2.45) is 0 Å². The zero-order valence-electron chi connectivity index (χ0n) is 10.0. The Morgan fingerprint density at radius 3 is 2.53 bits per heavy atom. The topological polar surface area (TPSA) is 0 Å². The second kappa shape index (κ2) is 5.13. The molecule has 0 atom stereocenters. The molecule has 2 aromatic rings. The number of aryl methyl sites for hydroxylation is 1. The van der Waals surface area contributed by atoms with Gasteiger partial charge < -0.3 is 0 Å². The summed E-state index contributed by atoms with van der Waals surface area (Å²) < 4.78 is 26.1. The van der Waals surface area contributed by atoms with Crippen molar-refractivity contribution in [3.05, 3.63) is 65.2 Å². The van der Waals surface area contributed by atoms with Gasteiger partial charge >= 0.3 is 0 Å². The summed E-state index contributed by atoms with van der Waals surface area (Å²) in [5.74, 6) is -0.390. The lowest BCUT2D eigenvalue weighted by Gasteiger charge is -2.12. The van der Waals surface area contributed by atoms with Gasteiger partial charge in [0.1, 0.15) is 11.6 Å². The van der Waals surface area contributed by atoms with Crippen molar-refractivity contribution in [3.8, 4) is 0 Å². The van der Waals surface area contributed by atoms with Crippen molar-refractivity contribution in [2.45, 2.75) is 13.2 Å². The minimum absolute atomic E-state index is 0.186. The number of hydrogen-bond donors (Lipinski definition) is 0. The predicted octanol–water partition coefficient (Wildman–Crippen LogP) is 2.27. The molecule has 0 aliphatic carbocycles. The van der Waals surface area contributed by atoms with Crippen molar-refractivity contribution in [3.63, 3.8) is 0 Å². The second-order valence-corrected chi connectivity index (χ2v) is 4.57. The summed E-state index contributed by atoms with van der Waals surface area (Å²) >= 11 is 0. The summed E-state index contributed by atoms with van der Waals surface area (Å²) in [5, 5.41) is 0. The van der Waals surface area contributed by atoms with Crippen molar-refractivity contribution >= 4 is 12.7 Å². The second-order valence-electron chi connectivity index (χ2n) is 4.57. The van der Waals surface area contributed by atoms with Gasteiger partial charge in [0.25, 0.3) is 0 Å². The summed E-state index contributed by atoms with van der Waals surface area (Å²) in [6.07, 6.45) is 0.849. The molecule has 3 heteroatoms. The lowest BCUT2D eigenvalue weighted by molar-refractivity contribution is 0.626. The van der Waals surface area contributed by atoms with Gasteiger partial charge in [-0.1, -0.05) is 35.4 Å². The number of halogens is 2. The van der Waals surface area contributed by atoms with Crippen LogP contribution < -0.4 is 5.46 Å². The van der Waals surface area contributed by atoms with Crippen LogP contribution in [0, 0.1) is 18.6 Å². The van der Waals surface area contributed by atoms with Crippen LogP contribution in [0.2, 0.25) is 0 Å². The van der Waals surface area contributed by atoms with Crippen LogP contribution in [0.15, 0.2) is 42.5 Å². The molecule has 0 fully saturated rings. The van der Waals surface area contributed by atoms with Gasteiger partial charge in [0.15, 0.2) is 0 Å². The molecule has 0 aromatic heterocycles. The summed E-state index contributed by atoms with van der Waals surface area (Å²) in [4.78, 5) is 0. The molecule has 0 bridgehead atoms. The van der Waals surface area contributed by atoms with Gasteiger partial charge in [0.2, 0.25) is 0 Å². The van der Waals surface area contributed by atoms with E-state index in [2.05, 4.69) is 0 Å². The van der Waals surface area contributed by atoms with Crippen LogP contribution in [0.25, 0.3) is 0 Å². The first kappa shape index (κ1) is 11.8. The molecule has 0 aliphatic heterocycles. The molecule has 0 heterocycles. The zero-order valence-corrected chi connectivity index (χ0v) is 10.0. The summed E-state index contributed by atoms with van der Waals surface area (Å²) in [5.41, 5.74) is 3.23. The highest BCUT2D eigenvalue weighted by Crippen LogP contribution is 2.04. The van der Waals surface area contributed by atoms with E-state index in [4.69, 9.17) is 0 Å². The van der Waals surface area contributed by atoms with E-state index in [-0.39, 0.29) is 11.6 Å². The molecule has 88 valence electrons. The van der Waals surface area contributed by atoms with Gasteiger partial charge in [-0.05, 0) is 25.1 Å². The van der Waals surface area contributed by atoms with E-state index in [1.807, 2.05) is 13.0 Å². The Morgan fingerprint density at radius 1 is 1.00 bits per heavy atom. The van der Waals surface area contributed by atoms with Gasteiger partial charge in [-0.2, -0.15) is 6.32 Å². The smallest absolute Gasteiger partial charge is 0.123 e. The Labute approximate surface area is 101 Å². The fourth-order valence-electron chi connectivity index (χ4n) is 2.24. The molecular formula is C14H14BF2-. The highest BCUT2D eigenvalue weighted by Gasteiger charge is 1.97. The molecule has 0 unspecified atom stereocenters. The maximum absolute atomic E-state index is 13.1. The molecule has 2 rings (SSSR count). The molecule has 17 heavy (non-hydrogen) atoms. The third-order valence-corrected chi connectivity index (χ3v) is 3.32. The van der Waals surface area contributed by atoms with Gasteiger partial charge in [-0.25, -0.2) is 14.2 Å². The maximum atomic E-state index is 13.1. The Bertz CT molecular complexity index is 523. The van der Waals surface area contributed by atoms with E-state index in [1.165, 1.54) is 12.1 Å². The maximum Gasteiger partial charge on any atom is 0.123 e. The fraction of sp³-hybridized carbons (Fsp3) is 0.143. The monoisotopic (exact) mass is 231 g/mol. The number of benzene rings is 2. The van der Waals surface area contributed by atoms with E-state index in [1.54, 1.807) is 24.3 Å². The average Bonchev–Trinajstić information content (AvgIpc) is 2.30. The lowest BCUT2D eigenvalue weighted by Crippen LogP contribution is -2.20. The molecule has 0 saturated heterocycles. The molecule has 2 aromatic carbocycles. The quantitative estimate of drug-likeness (QED) is 0.711. The van der Waals surface area contributed by atoms with Crippen molar-refractivity contribution in [1.82, 2.24) is 0 Å². The van der Waals surface area contributed by atoms with Gasteiger partial charge in [0, 0.05) is 7.28 Å². The van der Waals surface area contributed by atoms with E-state index in [0.717, 1.165) is 22.9 Å². The van der Waals surface area contributed by atoms with E-state index < -0.39 is 7.28 Å². The van der Waals surface area contributed by atoms with E-state index >= 15 is 0 Å². The first-order valence-electron chi connectivity index (χ1n) is 6.00. The van der Waals surface area contributed by atoms with Crippen LogP contribution in [0.4, 0.5) is 8.78 Å². The van der Waals surface area contributed by atoms with Crippen LogP contribution in [-0.4, -0.2) is 7.28 Å². The van der Waals surface area contributed by atoms with Crippen LogP contribution >= 0.6 is 0 Å². The molecule has 0 amide bonds. The number of rotatable bonds is 3. The normalized spacial score (nSPS) is 10.5. The Kier molecular flexibility index (Phi) is 3.57. The molecule has 0 spiro atoms. The minimum atomic E-state index is -0.451. The van der Waals surface area contributed by atoms with Gasteiger partial charge in [-0.3, -0.25) is 0 Å². The predicted molar refractivity (Wildman–Crippen MR) is 69.4 cm³/mol. The molecule has 0 nitrogen and oxygen atoms in total. The zero-order chi connectivity index (χ0) is 12.3.